The molecular formula is C29H39F2N3O3. The van der Waals surface area contributed by atoms with Crippen LogP contribution in [-0.2, 0) is 16.1 Å². The van der Waals surface area contributed by atoms with Gasteiger partial charge in [0.15, 0.2) is 17.7 Å². The molecule has 2 saturated heterocycles. The highest BCUT2D eigenvalue weighted by Gasteiger charge is 2.33. The highest BCUT2D eigenvalue weighted by atomic mass is 19.2. The van der Waals surface area contributed by atoms with Gasteiger partial charge in [0.2, 0.25) is 0 Å². The summed E-state index contributed by atoms with van der Waals surface area (Å²) in [5, 5.41) is 0. The second kappa shape index (κ2) is 12.8. The number of likely N-dealkylation sites (tertiary alicyclic amines) is 1. The molecule has 202 valence electrons. The molecule has 6 nitrogen and oxygen atoms in total. The van der Waals surface area contributed by atoms with E-state index in [1.54, 1.807) is 4.90 Å². The summed E-state index contributed by atoms with van der Waals surface area (Å²) in [4.78, 5) is 20.1. The quantitative estimate of drug-likeness (QED) is 0.473. The maximum atomic E-state index is 14.0. The van der Waals surface area contributed by atoms with Crippen molar-refractivity contribution in [1.29, 1.82) is 0 Å². The van der Waals surface area contributed by atoms with Gasteiger partial charge in [0, 0.05) is 45.4 Å². The summed E-state index contributed by atoms with van der Waals surface area (Å²) >= 11 is 0. The summed E-state index contributed by atoms with van der Waals surface area (Å²) in [6.07, 6.45) is 2.99. The number of piperidine rings is 1. The zero-order chi connectivity index (χ0) is 26.4. The maximum Gasteiger partial charge on any atom is 0.264 e. The number of nitrogens with zero attached hydrogens (tertiary/aromatic N) is 3. The van der Waals surface area contributed by atoms with Crippen molar-refractivity contribution in [2.24, 2.45) is 0 Å². The second-order valence-corrected chi connectivity index (χ2v) is 10.5. The van der Waals surface area contributed by atoms with Crippen molar-refractivity contribution in [2.45, 2.75) is 57.4 Å². The Morgan fingerprint density at radius 2 is 1.92 bits per heavy atom. The van der Waals surface area contributed by atoms with Crippen molar-refractivity contribution in [1.82, 2.24) is 14.7 Å². The monoisotopic (exact) mass is 515 g/mol. The number of hydrogen-bond donors (Lipinski definition) is 0. The molecule has 2 aromatic rings. The predicted molar refractivity (Wildman–Crippen MR) is 139 cm³/mol. The molecule has 0 radical (unpaired) electrons. The van der Waals surface area contributed by atoms with Crippen LogP contribution < -0.4 is 4.74 Å². The normalized spacial score (nSPS) is 19.8. The van der Waals surface area contributed by atoms with E-state index in [9.17, 15) is 13.6 Å². The van der Waals surface area contributed by atoms with Gasteiger partial charge in [-0.05, 0) is 70.4 Å². The smallest absolute Gasteiger partial charge is 0.264 e. The largest absolute Gasteiger partial charge is 0.479 e. The van der Waals surface area contributed by atoms with Crippen LogP contribution >= 0.6 is 0 Å². The molecule has 8 heteroatoms. The maximum absolute atomic E-state index is 14.0. The molecule has 2 unspecified atom stereocenters. The number of amides is 1. The number of hydrogen-bond acceptors (Lipinski definition) is 5. The van der Waals surface area contributed by atoms with Crippen molar-refractivity contribution in [2.75, 3.05) is 46.9 Å². The second-order valence-electron chi connectivity index (χ2n) is 10.5. The molecule has 4 rings (SSSR count). The summed E-state index contributed by atoms with van der Waals surface area (Å²) in [6, 6.07) is 11.8. The molecule has 2 fully saturated rings. The third kappa shape index (κ3) is 7.72. The van der Waals surface area contributed by atoms with Gasteiger partial charge in [-0.15, -0.1) is 0 Å². The van der Waals surface area contributed by atoms with E-state index in [0.29, 0.717) is 19.6 Å². The fourth-order valence-corrected chi connectivity index (χ4v) is 5.25. The van der Waals surface area contributed by atoms with Crippen LogP contribution in [0.5, 0.6) is 5.75 Å². The van der Waals surface area contributed by atoms with Gasteiger partial charge >= 0.3 is 0 Å². The number of aryl methyl sites for hydroxylation is 1. The number of ether oxygens (including phenoxy) is 2. The average Bonchev–Trinajstić information content (AvgIpc) is 3.38. The van der Waals surface area contributed by atoms with Crippen LogP contribution in [0.15, 0.2) is 42.5 Å². The summed E-state index contributed by atoms with van der Waals surface area (Å²) in [6.45, 7) is 6.26. The standard InChI is InChI=1S/C29H39F2N3O3/c1-21-6-4-7-22(16-21)18-34(19-25-8-5-15-36-25)20-28(37-24-9-10-26(30)27(31)17-24)29(35)33(3)23-11-13-32(2)14-12-23/h4,6-7,9-10,16-17,23,25,28H,5,8,11-15,18-20H2,1-3H3. The first-order valence-electron chi connectivity index (χ1n) is 13.2. The van der Waals surface area contributed by atoms with Crippen molar-refractivity contribution in [3.05, 3.63) is 65.2 Å². The Morgan fingerprint density at radius 1 is 1.14 bits per heavy atom. The number of rotatable bonds is 10. The number of carbonyl (C=O) groups is 1. The van der Waals surface area contributed by atoms with Gasteiger partial charge in [-0.1, -0.05) is 29.8 Å². The van der Waals surface area contributed by atoms with E-state index in [4.69, 9.17) is 9.47 Å². The highest BCUT2D eigenvalue weighted by Crippen LogP contribution is 2.22. The minimum Gasteiger partial charge on any atom is -0.479 e. The zero-order valence-electron chi connectivity index (χ0n) is 22.2. The lowest BCUT2D eigenvalue weighted by molar-refractivity contribution is -0.141. The Hall–Kier alpha value is -2.55. The highest BCUT2D eigenvalue weighted by molar-refractivity contribution is 5.81. The van der Waals surface area contributed by atoms with E-state index in [-0.39, 0.29) is 23.8 Å². The van der Waals surface area contributed by atoms with Gasteiger partial charge in [-0.2, -0.15) is 0 Å². The van der Waals surface area contributed by atoms with Crippen LogP contribution in [0.3, 0.4) is 0 Å². The number of halogens is 2. The Morgan fingerprint density at radius 3 is 2.59 bits per heavy atom. The molecule has 0 spiro atoms. The Labute approximate surface area is 219 Å². The van der Waals surface area contributed by atoms with Gasteiger partial charge in [0.05, 0.1) is 6.10 Å². The molecule has 2 atom stereocenters. The molecule has 0 N–H and O–H groups in total. The van der Waals surface area contributed by atoms with Crippen molar-refractivity contribution < 1.29 is 23.0 Å². The molecule has 2 aromatic carbocycles. The van der Waals surface area contributed by atoms with E-state index in [2.05, 4.69) is 42.0 Å². The Kier molecular flexibility index (Phi) is 9.51. The third-order valence-electron chi connectivity index (χ3n) is 7.43. The van der Waals surface area contributed by atoms with Gasteiger partial charge < -0.3 is 19.3 Å². The first kappa shape index (κ1) is 27.5. The molecule has 0 saturated carbocycles. The molecule has 0 bridgehead atoms. The lowest BCUT2D eigenvalue weighted by atomic mass is 10.0. The van der Waals surface area contributed by atoms with E-state index in [0.717, 1.165) is 63.1 Å². The molecule has 0 aromatic heterocycles. The lowest BCUT2D eigenvalue weighted by Crippen LogP contribution is -2.52. The molecule has 1 amide bonds. The van der Waals surface area contributed by atoms with Gasteiger partial charge in [0.25, 0.3) is 5.91 Å². The summed E-state index contributed by atoms with van der Waals surface area (Å²) < 4.78 is 39.6. The van der Waals surface area contributed by atoms with Crippen molar-refractivity contribution >= 4 is 5.91 Å². The summed E-state index contributed by atoms with van der Waals surface area (Å²) in [5.74, 6) is -1.95. The third-order valence-corrected chi connectivity index (χ3v) is 7.43. The summed E-state index contributed by atoms with van der Waals surface area (Å²) in [5.41, 5.74) is 2.31. The van der Waals surface area contributed by atoms with Crippen LogP contribution in [0.1, 0.15) is 36.8 Å². The topological polar surface area (TPSA) is 45.3 Å². The molecule has 2 aliphatic rings. The number of likely N-dealkylation sites (N-methyl/N-ethyl adjacent to an activating group) is 1. The first-order chi connectivity index (χ1) is 17.8. The minimum atomic E-state index is -0.997. The fourth-order valence-electron chi connectivity index (χ4n) is 5.25. The van der Waals surface area contributed by atoms with Crippen LogP contribution in [-0.4, -0.2) is 85.7 Å². The summed E-state index contributed by atoms with van der Waals surface area (Å²) in [7, 11) is 3.91. The molecule has 2 aliphatic heterocycles. The predicted octanol–water partition coefficient (Wildman–Crippen LogP) is 4.25. The van der Waals surface area contributed by atoms with Crippen LogP contribution in [0.4, 0.5) is 8.78 Å². The van der Waals surface area contributed by atoms with Crippen LogP contribution in [0.2, 0.25) is 0 Å². The van der Waals surface area contributed by atoms with Gasteiger partial charge in [0.1, 0.15) is 5.75 Å². The Balaban J connectivity index is 1.56. The van der Waals surface area contributed by atoms with E-state index >= 15 is 0 Å². The first-order valence-corrected chi connectivity index (χ1v) is 13.2. The molecule has 2 heterocycles. The minimum absolute atomic E-state index is 0.0930. The van der Waals surface area contributed by atoms with Crippen LogP contribution in [0, 0.1) is 18.6 Å². The Bertz CT molecular complexity index is 1040. The van der Waals surface area contributed by atoms with Gasteiger partial charge in [-0.25, -0.2) is 8.78 Å². The van der Waals surface area contributed by atoms with Crippen LogP contribution in [0.25, 0.3) is 0 Å². The number of benzene rings is 2. The van der Waals surface area contributed by atoms with E-state index in [1.165, 1.54) is 11.6 Å². The van der Waals surface area contributed by atoms with E-state index < -0.39 is 17.7 Å². The average molecular weight is 516 g/mol. The molecule has 37 heavy (non-hydrogen) atoms. The fraction of sp³-hybridized carbons (Fsp3) is 0.552. The van der Waals surface area contributed by atoms with Gasteiger partial charge in [-0.3, -0.25) is 9.69 Å². The van der Waals surface area contributed by atoms with E-state index in [1.807, 2.05) is 13.1 Å². The van der Waals surface area contributed by atoms with Crippen molar-refractivity contribution in [3.8, 4) is 5.75 Å². The molecular weight excluding hydrogens is 476 g/mol. The lowest BCUT2D eigenvalue weighted by Gasteiger charge is -2.37. The number of carbonyl (C=O) groups excluding carboxylic acids is 1. The molecule has 0 aliphatic carbocycles. The zero-order valence-corrected chi connectivity index (χ0v) is 22.2. The SMILES string of the molecule is Cc1cccc(CN(CC2CCCO2)CC(Oc2ccc(F)c(F)c2)C(=O)N(C)C2CCN(C)CC2)c1. The van der Waals surface area contributed by atoms with Crippen molar-refractivity contribution in [3.63, 3.8) is 0 Å².